The van der Waals surface area contributed by atoms with E-state index >= 15 is 0 Å². The van der Waals surface area contributed by atoms with Gasteiger partial charge in [-0.2, -0.15) is 0 Å². The molecule has 7 heteroatoms. The lowest BCUT2D eigenvalue weighted by Gasteiger charge is -2.16. The maximum Gasteiger partial charge on any atom is 0.339 e. The summed E-state index contributed by atoms with van der Waals surface area (Å²) in [6, 6.07) is 3.71. The number of carboxylic acids is 1. The van der Waals surface area contributed by atoms with Crippen LogP contribution in [0.15, 0.2) is 32.0 Å². The van der Waals surface area contributed by atoms with Gasteiger partial charge in [0.2, 0.25) is 5.91 Å². The first kappa shape index (κ1) is 20.6. The summed E-state index contributed by atoms with van der Waals surface area (Å²) >= 11 is 0. The molecule has 1 aromatic carbocycles. The predicted octanol–water partition coefficient (Wildman–Crippen LogP) is 3.67. The number of aliphatic carboxylic acids is 1. The summed E-state index contributed by atoms with van der Waals surface area (Å²) in [7, 11) is 0. The van der Waals surface area contributed by atoms with Gasteiger partial charge in [0, 0.05) is 40.9 Å². The molecular formula is C22H25NO6. The highest BCUT2D eigenvalue weighted by Gasteiger charge is 2.21. The van der Waals surface area contributed by atoms with E-state index in [0.29, 0.717) is 16.7 Å². The van der Waals surface area contributed by atoms with Crippen LogP contribution in [-0.4, -0.2) is 23.5 Å². The van der Waals surface area contributed by atoms with Crippen LogP contribution in [0.3, 0.4) is 0 Å². The molecule has 2 N–H and O–H groups in total. The van der Waals surface area contributed by atoms with Crippen molar-refractivity contribution < 1.29 is 23.5 Å². The van der Waals surface area contributed by atoms with E-state index in [1.165, 1.54) is 0 Å². The normalized spacial score (nSPS) is 11.9. The first-order valence-electron chi connectivity index (χ1n) is 9.54. The van der Waals surface area contributed by atoms with E-state index < -0.39 is 11.6 Å². The van der Waals surface area contributed by atoms with E-state index in [-0.39, 0.29) is 37.1 Å². The molecule has 29 heavy (non-hydrogen) atoms. The van der Waals surface area contributed by atoms with Gasteiger partial charge in [0.1, 0.15) is 11.2 Å². The lowest BCUT2D eigenvalue weighted by Crippen LogP contribution is -2.26. The van der Waals surface area contributed by atoms with Gasteiger partial charge in [-0.05, 0) is 30.4 Å². The summed E-state index contributed by atoms with van der Waals surface area (Å²) in [5.74, 6) is -1.28. The maximum atomic E-state index is 12.5. The van der Waals surface area contributed by atoms with Crippen molar-refractivity contribution in [3.05, 3.63) is 45.5 Å². The minimum absolute atomic E-state index is 0.0630. The van der Waals surface area contributed by atoms with Crippen LogP contribution in [0.4, 0.5) is 0 Å². The van der Waals surface area contributed by atoms with E-state index in [2.05, 4.69) is 26.1 Å². The van der Waals surface area contributed by atoms with Crippen LogP contribution in [0, 0.1) is 6.92 Å². The van der Waals surface area contributed by atoms with Crippen molar-refractivity contribution in [2.75, 3.05) is 6.54 Å². The van der Waals surface area contributed by atoms with Crippen molar-refractivity contribution in [1.29, 1.82) is 0 Å². The highest BCUT2D eigenvalue weighted by molar-refractivity contribution is 5.96. The molecule has 154 valence electrons. The average molecular weight is 399 g/mol. The summed E-state index contributed by atoms with van der Waals surface area (Å²) in [4.78, 5) is 34.9. The molecule has 0 atom stereocenters. The Kier molecular flexibility index (Phi) is 5.50. The third kappa shape index (κ3) is 4.34. The predicted molar refractivity (Wildman–Crippen MR) is 109 cm³/mol. The van der Waals surface area contributed by atoms with Gasteiger partial charge < -0.3 is 19.3 Å². The van der Waals surface area contributed by atoms with Crippen LogP contribution >= 0.6 is 0 Å². The number of benzene rings is 1. The van der Waals surface area contributed by atoms with Crippen LogP contribution in [0.5, 0.6) is 0 Å². The number of nitrogens with one attached hydrogen (secondary N) is 1. The molecule has 0 radical (unpaired) electrons. The summed E-state index contributed by atoms with van der Waals surface area (Å²) in [5.41, 5.74) is 2.83. The number of furan rings is 1. The summed E-state index contributed by atoms with van der Waals surface area (Å²) in [6.45, 7) is 8.22. The molecule has 0 saturated heterocycles. The minimum atomic E-state index is -0.975. The second-order valence-corrected chi connectivity index (χ2v) is 8.23. The molecule has 0 spiro atoms. The molecule has 2 aromatic heterocycles. The second kappa shape index (κ2) is 7.73. The number of hydrogen-bond donors (Lipinski definition) is 2. The largest absolute Gasteiger partial charge is 0.481 e. The van der Waals surface area contributed by atoms with Gasteiger partial charge in [0.25, 0.3) is 0 Å². The van der Waals surface area contributed by atoms with Crippen LogP contribution in [0.2, 0.25) is 0 Å². The molecule has 0 bridgehead atoms. The number of amides is 1. The highest BCUT2D eigenvalue weighted by Crippen LogP contribution is 2.35. The topological polar surface area (TPSA) is 110 Å². The number of rotatable bonds is 6. The molecule has 3 aromatic rings. The maximum absolute atomic E-state index is 12.5. The highest BCUT2D eigenvalue weighted by atomic mass is 16.4. The van der Waals surface area contributed by atoms with Crippen molar-refractivity contribution in [2.24, 2.45) is 0 Å². The van der Waals surface area contributed by atoms with Gasteiger partial charge in [-0.25, -0.2) is 4.79 Å². The lowest BCUT2D eigenvalue weighted by atomic mass is 9.86. The molecule has 7 nitrogen and oxygen atoms in total. The van der Waals surface area contributed by atoms with E-state index in [0.717, 1.165) is 21.9 Å². The number of aryl methyl sites for hydroxylation is 1. The Morgan fingerprint density at radius 2 is 1.83 bits per heavy atom. The molecule has 0 fully saturated rings. The second-order valence-electron chi connectivity index (χ2n) is 8.23. The fourth-order valence-corrected chi connectivity index (χ4v) is 3.42. The summed E-state index contributed by atoms with van der Waals surface area (Å²) < 4.78 is 11.2. The zero-order valence-corrected chi connectivity index (χ0v) is 17.0. The first-order chi connectivity index (χ1) is 13.6. The lowest BCUT2D eigenvalue weighted by molar-refractivity contribution is -0.136. The number of carbonyl (C=O) groups is 2. The van der Waals surface area contributed by atoms with Gasteiger partial charge in [0.05, 0.1) is 12.7 Å². The first-order valence-corrected chi connectivity index (χ1v) is 9.54. The summed E-state index contributed by atoms with van der Waals surface area (Å²) in [6.07, 6.45) is 1.90. The molecule has 2 heterocycles. The fourth-order valence-electron chi connectivity index (χ4n) is 3.42. The van der Waals surface area contributed by atoms with Gasteiger partial charge in [-0.3, -0.25) is 9.59 Å². The Labute approximate surface area is 167 Å². The molecule has 0 aliphatic carbocycles. The van der Waals surface area contributed by atoms with Crippen molar-refractivity contribution in [3.63, 3.8) is 0 Å². The third-order valence-electron chi connectivity index (χ3n) is 5.05. The summed E-state index contributed by atoms with van der Waals surface area (Å²) in [5, 5.41) is 12.9. The zero-order valence-electron chi connectivity index (χ0n) is 17.0. The number of carbonyl (C=O) groups excluding carboxylic acids is 1. The van der Waals surface area contributed by atoms with Gasteiger partial charge >= 0.3 is 11.6 Å². The number of fused-ring (bicyclic) bond motifs is 2. The fraction of sp³-hybridized carbons (Fsp3) is 0.409. The average Bonchev–Trinajstić information content (AvgIpc) is 3.03. The molecule has 0 aliphatic rings. The van der Waals surface area contributed by atoms with Gasteiger partial charge in [-0.15, -0.1) is 0 Å². The van der Waals surface area contributed by atoms with Crippen molar-refractivity contribution >= 4 is 33.8 Å². The molecule has 0 saturated carbocycles. The van der Waals surface area contributed by atoms with Gasteiger partial charge in [0.15, 0.2) is 0 Å². The van der Waals surface area contributed by atoms with E-state index in [1.807, 2.05) is 13.0 Å². The van der Waals surface area contributed by atoms with Crippen LogP contribution < -0.4 is 10.9 Å². The van der Waals surface area contributed by atoms with E-state index in [4.69, 9.17) is 13.9 Å². The van der Waals surface area contributed by atoms with Crippen LogP contribution in [-0.2, 0) is 21.4 Å². The van der Waals surface area contributed by atoms with Crippen LogP contribution in [0.25, 0.3) is 21.9 Å². The smallest absolute Gasteiger partial charge is 0.339 e. The Bertz CT molecular complexity index is 1150. The third-order valence-corrected chi connectivity index (χ3v) is 5.05. The quantitative estimate of drug-likeness (QED) is 0.612. The Balaban J connectivity index is 1.92. The molecular weight excluding hydrogens is 374 g/mol. The standard InChI is InChI=1S/C22H25NO6/c1-12-13(5-6-19(24)23-8-7-20(25)26)21(27)29-18-10-17-15(9-14(12)18)16(11-28-17)22(2,3)4/h9-11H,5-8H2,1-4H3,(H,23,24)(H,25,26). The van der Waals surface area contributed by atoms with Crippen molar-refractivity contribution in [3.8, 4) is 0 Å². The molecule has 1 amide bonds. The number of carboxylic acid groups (broad SMARTS) is 1. The zero-order chi connectivity index (χ0) is 21.3. The Morgan fingerprint density at radius 1 is 1.10 bits per heavy atom. The molecule has 0 unspecified atom stereocenters. The van der Waals surface area contributed by atoms with E-state index in [1.54, 1.807) is 12.3 Å². The van der Waals surface area contributed by atoms with Gasteiger partial charge in [-0.1, -0.05) is 20.8 Å². The molecule has 0 aliphatic heterocycles. The van der Waals surface area contributed by atoms with Crippen LogP contribution in [0.1, 0.15) is 50.3 Å². The SMILES string of the molecule is Cc1c(CCC(=O)NCCC(=O)O)c(=O)oc2cc3occ(C(C)(C)C)c3cc12. The number of hydrogen-bond acceptors (Lipinski definition) is 5. The van der Waals surface area contributed by atoms with E-state index in [9.17, 15) is 14.4 Å². The molecule has 3 rings (SSSR count). The Hall–Kier alpha value is -3.09. The van der Waals surface area contributed by atoms with Crippen molar-refractivity contribution in [1.82, 2.24) is 5.32 Å². The van der Waals surface area contributed by atoms with Crippen molar-refractivity contribution in [2.45, 2.75) is 52.4 Å². The minimum Gasteiger partial charge on any atom is -0.481 e. The Morgan fingerprint density at radius 3 is 2.48 bits per heavy atom. The monoisotopic (exact) mass is 399 g/mol.